The van der Waals surface area contributed by atoms with Gasteiger partial charge in [0.2, 0.25) is 17.7 Å². The molecule has 54 heavy (non-hydrogen) atoms. The number of alkyl halides is 3. The Morgan fingerprint density at radius 3 is 2.02 bits per heavy atom. The zero-order valence-electron chi connectivity index (χ0n) is 30.0. The number of amidine groups is 1. The van der Waals surface area contributed by atoms with Gasteiger partial charge in [0.05, 0.1) is 6.61 Å². The number of nitrogens with two attached hydrogens (primary N) is 2. The molecule has 1 fully saturated rings. The molecule has 2 aromatic carbocycles. The van der Waals surface area contributed by atoms with E-state index < -0.39 is 53.8 Å². The first kappa shape index (κ1) is 44.5. The van der Waals surface area contributed by atoms with Crippen molar-refractivity contribution in [3.05, 3.63) is 71.3 Å². The van der Waals surface area contributed by atoms with Gasteiger partial charge in [-0.1, -0.05) is 73.9 Å². The van der Waals surface area contributed by atoms with Gasteiger partial charge in [-0.15, -0.1) is 0 Å². The molecule has 296 valence electrons. The van der Waals surface area contributed by atoms with Gasteiger partial charge in [0.25, 0.3) is 0 Å². The zero-order chi connectivity index (χ0) is 40.3. The van der Waals surface area contributed by atoms with Gasteiger partial charge < -0.3 is 42.6 Å². The van der Waals surface area contributed by atoms with E-state index in [-0.39, 0.29) is 43.7 Å². The summed E-state index contributed by atoms with van der Waals surface area (Å²) in [5.41, 5.74) is 13.0. The van der Waals surface area contributed by atoms with Crippen LogP contribution in [0, 0.1) is 22.7 Å². The maximum absolute atomic E-state index is 14.0. The smallest absolute Gasteiger partial charge is 0.475 e. The van der Waals surface area contributed by atoms with Gasteiger partial charge in [0.15, 0.2) is 5.96 Å². The number of carboxylic acids is 1. The van der Waals surface area contributed by atoms with Crippen molar-refractivity contribution >= 4 is 41.5 Å². The second kappa shape index (κ2) is 22.4. The number of carboxylic acid groups (broad SMARTS) is 1. The minimum atomic E-state index is -5.08. The molecule has 0 heterocycles. The van der Waals surface area contributed by atoms with Crippen molar-refractivity contribution in [1.29, 1.82) is 10.8 Å². The fourth-order valence-corrected chi connectivity index (χ4v) is 5.67. The summed E-state index contributed by atoms with van der Waals surface area (Å²) in [5, 5.41) is 33.4. The largest absolute Gasteiger partial charge is 0.490 e. The number of amides is 3. The van der Waals surface area contributed by atoms with Crippen LogP contribution in [0.5, 0.6) is 0 Å². The average molecular weight is 763 g/mol. The highest BCUT2D eigenvalue weighted by atomic mass is 19.4. The van der Waals surface area contributed by atoms with Gasteiger partial charge in [-0.2, -0.15) is 13.2 Å². The Morgan fingerprint density at radius 1 is 0.870 bits per heavy atom. The van der Waals surface area contributed by atoms with Crippen molar-refractivity contribution in [2.24, 2.45) is 23.3 Å². The molecule has 3 atom stereocenters. The van der Waals surface area contributed by atoms with E-state index in [1.54, 1.807) is 31.2 Å². The van der Waals surface area contributed by atoms with Crippen molar-refractivity contribution in [2.45, 2.75) is 83.1 Å². The summed E-state index contributed by atoms with van der Waals surface area (Å²) >= 11 is 0. The number of carbonyl (C=O) groups excluding carboxylic acids is 4. The van der Waals surface area contributed by atoms with Crippen LogP contribution in [0.25, 0.3) is 0 Å². The Bertz CT molecular complexity index is 1570. The van der Waals surface area contributed by atoms with Crippen LogP contribution in [0.1, 0.15) is 68.6 Å². The van der Waals surface area contributed by atoms with E-state index in [9.17, 15) is 32.3 Å². The van der Waals surface area contributed by atoms with Gasteiger partial charge >= 0.3 is 18.1 Å². The Kier molecular flexibility index (Phi) is 18.5. The summed E-state index contributed by atoms with van der Waals surface area (Å²) in [5.74, 6) is -6.60. The van der Waals surface area contributed by atoms with Crippen molar-refractivity contribution in [3.63, 3.8) is 0 Å². The lowest BCUT2D eigenvalue weighted by Crippen LogP contribution is -2.57. The van der Waals surface area contributed by atoms with Crippen molar-refractivity contribution in [2.75, 3.05) is 13.2 Å². The third kappa shape index (κ3) is 15.9. The Labute approximate surface area is 311 Å². The van der Waals surface area contributed by atoms with E-state index in [0.29, 0.717) is 36.9 Å². The van der Waals surface area contributed by atoms with Crippen molar-refractivity contribution in [3.8, 4) is 0 Å². The first-order valence-corrected chi connectivity index (χ1v) is 17.4. The third-order valence-electron chi connectivity index (χ3n) is 8.46. The first-order chi connectivity index (χ1) is 25.5. The summed E-state index contributed by atoms with van der Waals surface area (Å²) in [6.07, 6.45) is -0.137. The van der Waals surface area contributed by atoms with Crippen LogP contribution in [-0.4, -0.2) is 78.0 Å². The maximum atomic E-state index is 14.0. The summed E-state index contributed by atoms with van der Waals surface area (Å²) in [6.45, 7) is 2.36. The number of carbonyl (C=O) groups is 5. The van der Waals surface area contributed by atoms with Crippen LogP contribution in [0.2, 0.25) is 0 Å². The van der Waals surface area contributed by atoms with Crippen LogP contribution < -0.4 is 32.7 Å². The van der Waals surface area contributed by atoms with Crippen LogP contribution in [0.3, 0.4) is 0 Å². The molecule has 0 bridgehead atoms. The zero-order valence-corrected chi connectivity index (χ0v) is 30.0. The molecule has 0 aromatic heterocycles. The van der Waals surface area contributed by atoms with Gasteiger partial charge in [-0.05, 0) is 56.1 Å². The topological polar surface area (TPSA) is 263 Å². The summed E-state index contributed by atoms with van der Waals surface area (Å²) < 4.78 is 36.9. The lowest BCUT2D eigenvalue weighted by molar-refractivity contribution is -0.192. The second-order valence-corrected chi connectivity index (χ2v) is 12.6. The standard InChI is InChI=1S/C34H48N8O5.C2HF3O2/c1-2-47-33(46)27(14-9-19-39-34(37)38)41-32(45)28(24-12-7-4-8-13-24)42-31(44)26(20-22-15-17-25(18-16-22)29(35)36)30(43)40-21-23-10-5-3-6-11-23;3-2(4,5)1(6)7/h3,5-6,10-11,15-18,24,26-28H,2,4,7-9,12-14,19-21H2,1H3,(H3,35,36)(H,40,43)(H,41,45)(H,42,44)(H4,37,38,39);(H,6,7)/t26?,27-,28-;/m0./s1. The molecular weight excluding hydrogens is 713 g/mol. The molecular formula is C36H49F3N8O7. The second-order valence-electron chi connectivity index (χ2n) is 12.6. The summed E-state index contributed by atoms with van der Waals surface area (Å²) in [4.78, 5) is 63.1. The van der Waals surface area contributed by atoms with Gasteiger partial charge in [-0.3, -0.25) is 25.2 Å². The molecule has 15 nitrogen and oxygen atoms in total. The van der Waals surface area contributed by atoms with E-state index in [1.165, 1.54) is 0 Å². The highest BCUT2D eigenvalue weighted by Gasteiger charge is 2.38. The molecule has 0 aliphatic heterocycles. The minimum Gasteiger partial charge on any atom is -0.475 e. The average Bonchev–Trinajstić information content (AvgIpc) is 3.13. The Balaban J connectivity index is 0.00000131. The monoisotopic (exact) mass is 762 g/mol. The number of esters is 1. The molecule has 0 radical (unpaired) electrons. The first-order valence-electron chi connectivity index (χ1n) is 17.4. The molecule has 1 unspecified atom stereocenters. The molecule has 3 rings (SSSR count). The van der Waals surface area contributed by atoms with Gasteiger partial charge in [0.1, 0.15) is 23.8 Å². The third-order valence-corrected chi connectivity index (χ3v) is 8.46. The van der Waals surface area contributed by atoms with E-state index in [0.717, 1.165) is 24.8 Å². The number of hydrogen-bond acceptors (Lipinski definition) is 8. The lowest BCUT2D eigenvalue weighted by atomic mass is 9.83. The van der Waals surface area contributed by atoms with Crippen LogP contribution in [-0.2, 0) is 41.7 Å². The molecule has 2 aromatic rings. The normalized spacial score (nSPS) is 14.4. The quantitative estimate of drug-likeness (QED) is 0.0374. The van der Waals surface area contributed by atoms with Gasteiger partial charge in [-0.25, -0.2) is 9.59 Å². The van der Waals surface area contributed by atoms with Crippen LogP contribution in [0.15, 0.2) is 54.6 Å². The molecule has 3 amide bonds. The molecule has 11 N–H and O–H groups in total. The molecule has 18 heteroatoms. The molecule has 1 saturated carbocycles. The minimum absolute atomic E-state index is 0.0538. The number of guanidine groups is 1. The number of benzene rings is 2. The number of ether oxygens (including phenoxy) is 1. The lowest BCUT2D eigenvalue weighted by Gasteiger charge is -2.32. The number of aliphatic carboxylic acids is 1. The van der Waals surface area contributed by atoms with Crippen LogP contribution in [0.4, 0.5) is 13.2 Å². The van der Waals surface area contributed by atoms with E-state index in [2.05, 4.69) is 21.3 Å². The maximum Gasteiger partial charge on any atom is 0.490 e. The summed E-state index contributed by atoms with van der Waals surface area (Å²) in [6, 6.07) is 14.2. The molecule has 1 aliphatic rings. The predicted molar refractivity (Wildman–Crippen MR) is 193 cm³/mol. The highest BCUT2D eigenvalue weighted by Crippen LogP contribution is 2.27. The van der Waals surface area contributed by atoms with E-state index in [1.807, 2.05) is 30.3 Å². The number of hydrogen-bond donors (Lipinski definition) is 9. The van der Waals surface area contributed by atoms with Crippen molar-refractivity contribution < 1.29 is 47.0 Å². The van der Waals surface area contributed by atoms with E-state index in [4.69, 9.17) is 36.9 Å². The SMILES string of the molecule is CCOC(=O)[C@H](CCCNC(=N)N)NC(=O)[C@@H](NC(=O)C(Cc1ccc(C(=N)N)cc1)C(=O)NCc1ccccc1)C1CCCCC1.O=C(O)C(F)(F)F. The highest BCUT2D eigenvalue weighted by molar-refractivity contribution is 6.02. The fraction of sp³-hybridized carbons (Fsp3) is 0.472. The Hall–Kier alpha value is -5.68. The van der Waals surface area contributed by atoms with Crippen LogP contribution >= 0.6 is 0 Å². The number of nitrogen functional groups attached to an aromatic ring is 1. The molecule has 0 spiro atoms. The van der Waals surface area contributed by atoms with Gasteiger partial charge in [0, 0.05) is 18.7 Å². The predicted octanol–water partition coefficient (Wildman–Crippen LogP) is 2.46. The number of rotatable bonds is 17. The number of halogens is 3. The molecule has 1 aliphatic carbocycles. The molecule has 0 saturated heterocycles. The fourth-order valence-electron chi connectivity index (χ4n) is 5.67. The Morgan fingerprint density at radius 2 is 1.48 bits per heavy atom. The summed E-state index contributed by atoms with van der Waals surface area (Å²) in [7, 11) is 0. The van der Waals surface area contributed by atoms with E-state index >= 15 is 0 Å². The van der Waals surface area contributed by atoms with Crippen molar-refractivity contribution in [1.82, 2.24) is 21.3 Å². The number of nitrogens with one attached hydrogen (secondary N) is 6.